The maximum Gasteiger partial charge on any atom is 0.246 e. The summed E-state index contributed by atoms with van der Waals surface area (Å²) in [5.74, 6) is 1.38. The summed E-state index contributed by atoms with van der Waals surface area (Å²) in [5, 5.41) is 2.96. The van der Waals surface area contributed by atoms with E-state index in [4.69, 9.17) is 0 Å². The lowest BCUT2D eigenvalue weighted by Gasteiger charge is -2.48. The topological polar surface area (TPSA) is 49.4 Å². The van der Waals surface area contributed by atoms with Crippen molar-refractivity contribution >= 4 is 23.6 Å². The highest BCUT2D eigenvalue weighted by atomic mass is 32.2. The molecule has 20 heavy (non-hydrogen) atoms. The second-order valence-corrected chi connectivity index (χ2v) is 6.86. The molecule has 1 heterocycles. The standard InChI is InChI=1S/C15H28N2O2S/c1-6-15(7-2)14(19)16-12(10-11(3)4)13(18)17(15)8-9-20-5/h11-12H,6-10H2,1-5H3,(H,16,19). The van der Waals surface area contributed by atoms with Crippen LogP contribution in [0.25, 0.3) is 0 Å². The van der Waals surface area contributed by atoms with Crippen molar-refractivity contribution in [1.82, 2.24) is 10.2 Å². The monoisotopic (exact) mass is 300 g/mol. The van der Waals surface area contributed by atoms with E-state index >= 15 is 0 Å². The van der Waals surface area contributed by atoms with Gasteiger partial charge in [-0.3, -0.25) is 9.59 Å². The predicted octanol–water partition coefficient (Wildman–Crippen LogP) is 2.28. The van der Waals surface area contributed by atoms with Gasteiger partial charge < -0.3 is 10.2 Å². The van der Waals surface area contributed by atoms with E-state index in [1.165, 1.54) is 0 Å². The van der Waals surface area contributed by atoms with Gasteiger partial charge in [-0.05, 0) is 31.4 Å². The van der Waals surface area contributed by atoms with Crippen LogP contribution in [0.4, 0.5) is 0 Å². The summed E-state index contributed by atoms with van der Waals surface area (Å²) < 4.78 is 0. The predicted molar refractivity (Wildman–Crippen MR) is 84.8 cm³/mol. The molecule has 1 fully saturated rings. The SMILES string of the molecule is CCC1(CC)C(=O)NC(CC(C)C)C(=O)N1CCSC. The summed E-state index contributed by atoms with van der Waals surface area (Å²) in [6.07, 6.45) is 4.08. The smallest absolute Gasteiger partial charge is 0.246 e. The van der Waals surface area contributed by atoms with Crippen LogP contribution >= 0.6 is 11.8 Å². The van der Waals surface area contributed by atoms with Crippen molar-refractivity contribution in [2.45, 2.75) is 58.5 Å². The first-order chi connectivity index (χ1) is 9.42. The van der Waals surface area contributed by atoms with E-state index in [1.54, 1.807) is 11.8 Å². The quantitative estimate of drug-likeness (QED) is 0.785. The number of carbonyl (C=O) groups is 2. The van der Waals surface area contributed by atoms with Crippen molar-refractivity contribution in [3.05, 3.63) is 0 Å². The van der Waals surface area contributed by atoms with Crippen LogP contribution in [0.2, 0.25) is 0 Å². The van der Waals surface area contributed by atoms with Crippen molar-refractivity contribution < 1.29 is 9.59 Å². The first-order valence-electron chi connectivity index (χ1n) is 7.54. The Bertz CT molecular complexity index is 354. The summed E-state index contributed by atoms with van der Waals surface area (Å²) >= 11 is 1.71. The molecule has 0 spiro atoms. The molecule has 0 bridgehead atoms. The van der Waals surface area contributed by atoms with Crippen LogP contribution in [0.3, 0.4) is 0 Å². The second kappa shape index (κ2) is 7.34. The largest absolute Gasteiger partial charge is 0.342 e. The number of nitrogens with zero attached hydrogens (tertiary/aromatic N) is 1. The highest BCUT2D eigenvalue weighted by molar-refractivity contribution is 7.98. The lowest BCUT2D eigenvalue weighted by molar-refractivity contribution is -0.158. The second-order valence-electron chi connectivity index (χ2n) is 5.88. The van der Waals surface area contributed by atoms with Crippen LogP contribution < -0.4 is 5.32 Å². The fourth-order valence-corrected chi connectivity index (χ4v) is 3.33. The summed E-state index contributed by atoms with van der Waals surface area (Å²) in [4.78, 5) is 27.2. The van der Waals surface area contributed by atoms with Gasteiger partial charge in [0.1, 0.15) is 11.6 Å². The minimum absolute atomic E-state index is 0.0221. The van der Waals surface area contributed by atoms with Crippen molar-refractivity contribution in [3.8, 4) is 0 Å². The van der Waals surface area contributed by atoms with Crippen LogP contribution in [0.5, 0.6) is 0 Å². The molecular weight excluding hydrogens is 272 g/mol. The van der Waals surface area contributed by atoms with Crippen molar-refractivity contribution in [2.24, 2.45) is 5.92 Å². The molecule has 2 amide bonds. The number of thioether (sulfide) groups is 1. The van der Waals surface area contributed by atoms with E-state index < -0.39 is 5.54 Å². The van der Waals surface area contributed by atoms with Gasteiger partial charge in [0.2, 0.25) is 11.8 Å². The average molecular weight is 300 g/mol. The molecule has 5 heteroatoms. The van der Waals surface area contributed by atoms with Crippen molar-refractivity contribution in [3.63, 3.8) is 0 Å². The zero-order chi connectivity index (χ0) is 15.3. The van der Waals surface area contributed by atoms with E-state index in [0.29, 0.717) is 31.7 Å². The summed E-state index contributed by atoms with van der Waals surface area (Å²) in [7, 11) is 0. The maximum atomic E-state index is 12.7. The molecule has 1 aliphatic heterocycles. The van der Waals surface area contributed by atoms with Crippen LogP contribution in [-0.4, -0.2) is 46.8 Å². The summed E-state index contributed by atoms with van der Waals surface area (Å²) in [6, 6.07) is -0.351. The highest BCUT2D eigenvalue weighted by Crippen LogP contribution is 2.30. The number of amides is 2. The van der Waals surface area contributed by atoms with Gasteiger partial charge in [-0.2, -0.15) is 11.8 Å². The lowest BCUT2D eigenvalue weighted by Crippen LogP contribution is -2.70. The molecule has 1 N–H and O–H groups in total. The fourth-order valence-electron chi connectivity index (χ4n) is 2.97. The molecule has 4 nitrogen and oxygen atoms in total. The first-order valence-corrected chi connectivity index (χ1v) is 8.93. The molecule has 1 aliphatic rings. The molecule has 0 radical (unpaired) electrons. The van der Waals surface area contributed by atoms with Crippen molar-refractivity contribution in [1.29, 1.82) is 0 Å². The van der Waals surface area contributed by atoms with Gasteiger partial charge >= 0.3 is 0 Å². The van der Waals surface area contributed by atoms with E-state index in [1.807, 2.05) is 25.0 Å². The average Bonchev–Trinajstić information content (AvgIpc) is 2.40. The molecule has 1 unspecified atom stereocenters. The Labute approximate surface area is 127 Å². The van der Waals surface area contributed by atoms with Crippen molar-refractivity contribution in [2.75, 3.05) is 18.6 Å². The summed E-state index contributed by atoms with van der Waals surface area (Å²) in [6.45, 7) is 8.79. The molecule has 0 saturated carbocycles. The lowest BCUT2D eigenvalue weighted by atomic mass is 9.84. The Morgan fingerprint density at radius 1 is 1.30 bits per heavy atom. The third-order valence-electron chi connectivity index (χ3n) is 4.20. The molecule has 1 saturated heterocycles. The molecule has 1 rings (SSSR count). The number of rotatable bonds is 7. The van der Waals surface area contributed by atoms with Crippen LogP contribution in [0, 0.1) is 5.92 Å². The fraction of sp³-hybridized carbons (Fsp3) is 0.867. The first kappa shape index (κ1) is 17.3. The Kier molecular flexibility index (Phi) is 6.37. The summed E-state index contributed by atoms with van der Waals surface area (Å²) in [5.41, 5.74) is -0.652. The molecule has 0 aromatic rings. The number of piperazine rings is 1. The molecule has 1 atom stereocenters. The highest BCUT2D eigenvalue weighted by Gasteiger charge is 2.49. The van der Waals surface area contributed by atoms with Gasteiger partial charge in [-0.1, -0.05) is 27.7 Å². The zero-order valence-corrected chi connectivity index (χ0v) is 14.2. The van der Waals surface area contributed by atoms with Crippen LogP contribution in [-0.2, 0) is 9.59 Å². The Morgan fingerprint density at radius 2 is 1.90 bits per heavy atom. The Balaban J connectivity index is 3.04. The zero-order valence-electron chi connectivity index (χ0n) is 13.4. The maximum absolute atomic E-state index is 12.7. The Morgan fingerprint density at radius 3 is 2.35 bits per heavy atom. The van der Waals surface area contributed by atoms with Crippen LogP contribution in [0.1, 0.15) is 47.0 Å². The third-order valence-corrected chi connectivity index (χ3v) is 4.80. The van der Waals surface area contributed by atoms with E-state index in [0.717, 1.165) is 5.75 Å². The number of hydrogen-bond donors (Lipinski definition) is 1. The number of hydrogen-bond acceptors (Lipinski definition) is 3. The van der Waals surface area contributed by atoms with Gasteiger partial charge in [0.05, 0.1) is 0 Å². The molecule has 116 valence electrons. The van der Waals surface area contributed by atoms with Crippen LogP contribution in [0.15, 0.2) is 0 Å². The molecule has 0 aromatic carbocycles. The minimum atomic E-state index is -0.652. The van der Waals surface area contributed by atoms with E-state index in [-0.39, 0.29) is 17.9 Å². The Hall–Kier alpha value is -0.710. The van der Waals surface area contributed by atoms with Gasteiger partial charge in [-0.15, -0.1) is 0 Å². The van der Waals surface area contributed by atoms with E-state index in [9.17, 15) is 9.59 Å². The molecule has 0 aromatic heterocycles. The van der Waals surface area contributed by atoms with Gasteiger partial charge in [-0.25, -0.2) is 0 Å². The molecular formula is C15H28N2O2S. The van der Waals surface area contributed by atoms with E-state index in [2.05, 4.69) is 19.2 Å². The van der Waals surface area contributed by atoms with Gasteiger partial charge in [0.25, 0.3) is 0 Å². The van der Waals surface area contributed by atoms with Gasteiger partial charge in [0, 0.05) is 12.3 Å². The van der Waals surface area contributed by atoms with Gasteiger partial charge in [0.15, 0.2) is 0 Å². The minimum Gasteiger partial charge on any atom is -0.342 e. The normalized spacial score (nSPS) is 22.3. The molecule has 0 aliphatic carbocycles. The number of carbonyl (C=O) groups excluding carboxylic acids is 2. The number of nitrogens with one attached hydrogen (secondary N) is 1. The third kappa shape index (κ3) is 3.30.